The van der Waals surface area contributed by atoms with E-state index in [9.17, 15) is 4.79 Å². The molecular weight excluding hydrogens is 468 g/mol. The van der Waals surface area contributed by atoms with Gasteiger partial charge in [-0.05, 0) is 34.0 Å². The van der Waals surface area contributed by atoms with Gasteiger partial charge in [0.15, 0.2) is 0 Å². The molecule has 0 radical (unpaired) electrons. The summed E-state index contributed by atoms with van der Waals surface area (Å²) in [5.74, 6) is -0.347. The highest BCUT2D eigenvalue weighted by Gasteiger charge is 2.50. The molecule has 1 saturated heterocycles. The van der Waals surface area contributed by atoms with E-state index in [0.717, 1.165) is 6.42 Å². The second kappa shape index (κ2) is 12.0. The summed E-state index contributed by atoms with van der Waals surface area (Å²) in [4.78, 5) is 12.3. The number of hydrogen-bond donors (Lipinski definition) is 0. The van der Waals surface area contributed by atoms with Crippen LogP contribution in [0.3, 0.4) is 0 Å². The minimum absolute atomic E-state index is 0.0221. The maximum atomic E-state index is 12.3. The van der Waals surface area contributed by atoms with Crippen LogP contribution in [-0.4, -0.2) is 52.9 Å². The second-order valence-electron chi connectivity index (χ2n) is 10.1. The maximum absolute atomic E-state index is 12.3. The van der Waals surface area contributed by atoms with E-state index in [1.807, 2.05) is 18.2 Å². The summed E-state index contributed by atoms with van der Waals surface area (Å²) >= 11 is 0. The van der Waals surface area contributed by atoms with Gasteiger partial charge >= 0.3 is 5.97 Å². The van der Waals surface area contributed by atoms with Crippen molar-refractivity contribution >= 4 is 24.7 Å². The van der Waals surface area contributed by atoms with Crippen LogP contribution in [0.15, 0.2) is 91.0 Å². The van der Waals surface area contributed by atoms with Gasteiger partial charge in [-0.3, -0.25) is 0 Å². The van der Waals surface area contributed by atoms with Gasteiger partial charge in [-0.2, -0.15) is 0 Å². The van der Waals surface area contributed by atoms with E-state index in [4.69, 9.17) is 18.6 Å². The molecule has 0 N–H and O–H groups in total. The predicted molar refractivity (Wildman–Crippen MR) is 144 cm³/mol. The summed E-state index contributed by atoms with van der Waals surface area (Å²) in [5, 5.41) is 2.47. The molecule has 1 fully saturated rings. The van der Waals surface area contributed by atoms with E-state index in [1.165, 1.54) is 10.4 Å². The van der Waals surface area contributed by atoms with Gasteiger partial charge in [0, 0.05) is 13.2 Å². The molecule has 1 aliphatic heterocycles. The molecule has 1 aliphatic rings. The van der Waals surface area contributed by atoms with Crippen LogP contribution in [0.4, 0.5) is 0 Å². The molecule has 0 aromatic heterocycles. The lowest BCUT2D eigenvalue weighted by Gasteiger charge is -2.43. The lowest BCUT2D eigenvalue weighted by Crippen LogP contribution is -2.66. The van der Waals surface area contributed by atoms with E-state index < -0.39 is 8.32 Å². The first-order chi connectivity index (χ1) is 17.4. The molecule has 1 heterocycles. The minimum atomic E-state index is -2.55. The zero-order valence-corrected chi connectivity index (χ0v) is 22.4. The Morgan fingerprint density at radius 1 is 0.889 bits per heavy atom. The molecule has 190 valence electrons. The molecule has 4 rings (SSSR count). The van der Waals surface area contributed by atoms with Gasteiger partial charge in [0.2, 0.25) is 0 Å². The van der Waals surface area contributed by atoms with Gasteiger partial charge in [-0.25, -0.2) is 4.79 Å². The van der Waals surface area contributed by atoms with E-state index in [-0.39, 0.29) is 29.8 Å². The van der Waals surface area contributed by atoms with Gasteiger partial charge in [0.05, 0.1) is 12.2 Å². The summed E-state index contributed by atoms with van der Waals surface area (Å²) in [5.41, 5.74) is 0.534. The van der Waals surface area contributed by atoms with Gasteiger partial charge in [0.1, 0.15) is 18.8 Å². The van der Waals surface area contributed by atoms with Crippen molar-refractivity contribution in [1.82, 2.24) is 0 Å². The third-order valence-electron chi connectivity index (χ3n) is 6.52. The molecular formula is C30H36O5Si. The molecule has 6 heteroatoms. The SMILES string of the molecule is CC(C)(C)[Si](OCCCO[C@@H](COC(=O)c1ccccc1)[C@H]1CO1)(c1ccccc1)c1ccccc1. The largest absolute Gasteiger partial charge is 0.459 e. The highest BCUT2D eigenvalue weighted by atomic mass is 28.4. The number of carbonyl (C=O) groups excluding carboxylic acids is 1. The molecule has 2 atom stereocenters. The highest BCUT2D eigenvalue weighted by Crippen LogP contribution is 2.36. The van der Waals surface area contributed by atoms with E-state index in [0.29, 0.717) is 25.4 Å². The van der Waals surface area contributed by atoms with Crippen LogP contribution in [0.5, 0.6) is 0 Å². The highest BCUT2D eigenvalue weighted by molar-refractivity contribution is 6.99. The van der Waals surface area contributed by atoms with Crippen LogP contribution < -0.4 is 10.4 Å². The van der Waals surface area contributed by atoms with Crippen LogP contribution in [0.2, 0.25) is 5.04 Å². The Balaban J connectivity index is 1.37. The standard InChI is InChI=1S/C30H36O5Si/c1-30(2,3)36(25-16-9-5-10-17-25,26-18-11-6-12-19-26)35-21-13-20-32-27(28-22-33-28)23-34-29(31)24-14-7-4-8-15-24/h4-12,14-19,27-28H,13,20-23H2,1-3H3/t27-,28+/m0/s1. The fourth-order valence-corrected chi connectivity index (χ4v) is 9.23. The first-order valence-electron chi connectivity index (χ1n) is 12.6. The Hall–Kier alpha value is -2.77. The number of epoxide rings is 1. The normalized spacial score (nSPS) is 16.4. The third-order valence-corrected chi connectivity index (χ3v) is 11.6. The lowest BCUT2D eigenvalue weighted by atomic mass is 10.2. The average molecular weight is 505 g/mol. The summed E-state index contributed by atoms with van der Waals surface area (Å²) in [7, 11) is -2.55. The van der Waals surface area contributed by atoms with E-state index >= 15 is 0 Å². The summed E-state index contributed by atoms with van der Waals surface area (Å²) in [6, 6.07) is 30.3. The molecule has 5 nitrogen and oxygen atoms in total. The maximum Gasteiger partial charge on any atom is 0.338 e. The van der Waals surface area contributed by atoms with Crippen LogP contribution >= 0.6 is 0 Å². The fraction of sp³-hybridized carbons (Fsp3) is 0.367. The van der Waals surface area contributed by atoms with Crippen molar-refractivity contribution in [3.63, 3.8) is 0 Å². The fourth-order valence-electron chi connectivity index (χ4n) is 4.63. The van der Waals surface area contributed by atoms with Gasteiger partial charge in [-0.1, -0.05) is 99.6 Å². The Morgan fingerprint density at radius 3 is 1.92 bits per heavy atom. The summed E-state index contributed by atoms with van der Waals surface area (Å²) < 4.78 is 24.0. The van der Waals surface area contributed by atoms with Crippen molar-refractivity contribution in [2.24, 2.45) is 0 Å². The topological polar surface area (TPSA) is 57.3 Å². The first kappa shape index (κ1) is 26.3. The van der Waals surface area contributed by atoms with E-state index in [1.54, 1.807) is 12.1 Å². The minimum Gasteiger partial charge on any atom is -0.459 e. The molecule has 0 bridgehead atoms. The summed E-state index contributed by atoms with van der Waals surface area (Å²) in [6.45, 7) is 8.72. The van der Waals surface area contributed by atoms with E-state index in [2.05, 4.69) is 81.4 Å². The summed E-state index contributed by atoms with van der Waals surface area (Å²) in [6.07, 6.45) is 0.442. The first-order valence-corrected chi connectivity index (χ1v) is 14.5. The van der Waals surface area contributed by atoms with Crippen molar-refractivity contribution in [3.05, 3.63) is 96.6 Å². The van der Waals surface area contributed by atoms with Crippen molar-refractivity contribution in [2.75, 3.05) is 26.4 Å². The number of hydrogen-bond acceptors (Lipinski definition) is 5. The molecule has 0 unspecified atom stereocenters. The van der Waals surface area contributed by atoms with Crippen LogP contribution in [0.25, 0.3) is 0 Å². The Morgan fingerprint density at radius 2 is 1.42 bits per heavy atom. The van der Waals surface area contributed by atoms with Gasteiger partial charge < -0.3 is 18.6 Å². The average Bonchev–Trinajstić information content (AvgIpc) is 3.74. The molecule has 0 aliphatic carbocycles. The number of rotatable bonds is 12. The van der Waals surface area contributed by atoms with Gasteiger partial charge in [0.25, 0.3) is 8.32 Å². The van der Waals surface area contributed by atoms with Crippen LogP contribution in [-0.2, 0) is 18.6 Å². The van der Waals surface area contributed by atoms with Crippen molar-refractivity contribution in [1.29, 1.82) is 0 Å². The Labute approximate surface area is 215 Å². The molecule has 0 saturated carbocycles. The molecule has 36 heavy (non-hydrogen) atoms. The number of ether oxygens (including phenoxy) is 3. The van der Waals surface area contributed by atoms with Crippen LogP contribution in [0.1, 0.15) is 37.6 Å². The zero-order chi connectivity index (χ0) is 25.4. The number of esters is 1. The quantitative estimate of drug-likeness (QED) is 0.156. The second-order valence-corrected chi connectivity index (χ2v) is 14.4. The third kappa shape index (κ3) is 6.31. The van der Waals surface area contributed by atoms with Crippen molar-refractivity contribution in [2.45, 2.75) is 44.4 Å². The number of benzene rings is 3. The molecule has 3 aromatic carbocycles. The molecule has 0 spiro atoms. The Kier molecular flexibility index (Phi) is 8.75. The smallest absolute Gasteiger partial charge is 0.338 e. The zero-order valence-electron chi connectivity index (χ0n) is 21.4. The van der Waals surface area contributed by atoms with Crippen molar-refractivity contribution in [3.8, 4) is 0 Å². The number of carbonyl (C=O) groups is 1. The molecule has 3 aromatic rings. The monoisotopic (exact) mass is 504 g/mol. The lowest BCUT2D eigenvalue weighted by molar-refractivity contribution is -0.0224. The van der Waals surface area contributed by atoms with Crippen molar-refractivity contribution < 1.29 is 23.4 Å². The van der Waals surface area contributed by atoms with Gasteiger partial charge in [-0.15, -0.1) is 0 Å². The Bertz CT molecular complexity index is 1040. The predicted octanol–water partition coefficient (Wildman–Crippen LogP) is 4.59. The molecule has 0 amide bonds. The van der Waals surface area contributed by atoms with Crippen LogP contribution in [0, 0.1) is 0 Å².